The van der Waals surface area contributed by atoms with Gasteiger partial charge in [0.05, 0.1) is 0 Å². The van der Waals surface area contributed by atoms with Gasteiger partial charge < -0.3 is 5.32 Å². The van der Waals surface area contributed by atoms with Gasteiger partial charge in [-0.15, -0.1) is 0 Å². The summed E-state index contributed by atoms with van der Waals surface area (Å²) in [7, 11) is 0. The molecule has 0 aliphatic carbocycles. The lowest BCUT2D eigenvalue weighted by atomic mass is 9.86. The van der Waals surface area contributed by atoms with Crippen molar-refractivity contribution in [1.82, 2.24) is 5.32 Å². The Balaban J connectivity index is 2.32. The highest BCUT2D eigenvalue weighted by Crippen LogP contribution is 2.31. The van der Waals surface area contributed by atoms with Crippen LogP contribution in [0.25, 0.3) is 0 Å². The Labute approximate surface area is 98.8 Å². The number of benzene rings is 1. The average Bonchev–Trinajstić information content (AvgIpc) is 2.66. The van der Waals surface area contributed by atoms with Crippen molar-refractivity contribution in [3.63, 3.8) is 0 Å². The number of hydrogen-bond acceptors (Lipinski definition) is 2. The monoisotopic (exact) mass is 241 g/mol. The lowest BCUT2D eigenvalue weighted by Gasteiger charge is -2.16. The summed E-state index contributed by atoms with van der Waals surface area (Å²) in [6, 6.07) is 4.63. The van der Waals surface area contributed by atoms with E-state index in [4.69, 9.17) is 11.6 Å². The lowest BCUT2D eigenvalue weighted by Crippen LogP contribution is -2.19. The van der Waals surface area contributed by atoms with Gasteiger partial charge in [-0.25, -0.2) is 4.39 Å². The van der Waals surface area contributed by atoms with Crippen LogP contribution in [-0.4, -0.2) is 18.9 Å². The maximum Gasteiger partial charge on any atom is 0.134 e. The fraction of sp³-hybridized carbons (Fsp3) is 0.417. The predicted molar refractivity (Wildman–Crippen MR) is 61.2 cm³/mol. The number of carbonyl (C=O) groups excluding carboxylic acids is 1. The van der Waals surface area contributed by atoms with Crippen molar-refractivity contribution < 1.29 is 9.18 Å². The van der Waals surface area contributed by atoms with E-state index in [0.29, 0.717) is 23.7 Å². The third-order valence-corrected chi connectivity index (χ3v) is 3.33. The second kappa shape index (κ2) is 4.52. The van der Waals surface area contributed by atoms with Crippen molar-refractivity contribution in [3.8, 4) is 0 Å². The van der Waals surface area contributed by atoms with Crippen LogP contribution in [-0.2, 0) is 4.79 Å². The van der Waals surface area contributed by atoms with Gasteiger partial charge in [0.25, 0.3) is 0 Å². The third kappa shape index (κ3) is 2.11. The van der Waals surface area contributed by atoms with Crippen LogP contribution >= 0.6 is 11.6 Å². The highest BCUT2D eigenvalue weighted by atomic mass is 35.5. The van der Waals surface area contributed by atoms with Gasteiger partial charge in [-0.2, -0.15) is 0 Å². The molecule has 0 unspecified atom stereocenters. The van der Waals surface area contributed by atoms with Crippen LogP contribution in [0.4, 0.5) is 4.39 Å². The molecule has 0 aromatic heterocycles. The second-order valence-corrected chi connectivity index (χ2v) is 4.58. The average molecular weight is 242 g/mol. The first kappa shape index (κ1) is 11.6. The second-order valence-electron chi connectivity index (χ2n) is 4.15. The van der Waals surface area contributed by atoms with Gasteiger partial charge in [0.15, 0.2) is 0 Å². The largest absolute Gasteiger partial charge is 0.315 e. The number of rotatable bonds is 2. The Morgan fingerprint density at radius 1 is 1.50 bits per heavy atom. The Hall–Kier alpha value is -0.930. The molecule has 1 heterocycles. The van der Waals surface area contributed by atoms with E-state index in [0.717, 1.165) is 0 Å². The van der Waals surface area contributed by atoms with E-state index in [1.54, 1.807) is 19.1 Å². The molecule has 1 N–H and O–H groups in total. The zero-order valence-electron chi connectivity index (χ0n) is 8.97. The minimum atomic E-state index is -0.326. The molecule has 1 aromatic rings. The predicted octanol–water partition coefficient (Wildman–Crippen LogP) is 2.37. The quantitative estimate of drug-likeness (QED) is 0.861. The molecular weight excluding hydrogens is 229 g/mol. The molecule has 0 amide bonds. The molecule has 0 spiro atoms. The maximum atomic E-state index is 13.7. The van der Waals surface area contributed by atoms with Crippen LogP contribution < -0.4 is 5.32 Å². The highest BCUT2D eigenvalue weighted by molar-refractivity contribution is 6.30. The highest BCUT2D eigenvalue weighted by Gasteiger charge is 2.33. The minimum absolute atomic E-state index is 0.0743. The van der Waals surface area contributed by atoms with Crippen molar-refractivity contribution in [1.29, 1.82) is 0 Å². The van der Waals surface area contributed by atoms with Gasteiger partial charge in [0.2, 0.25) is 0 Å². The van der Waals surface area contributed by atoms with Gasteiger partial charge in [-0.05, 0) is 24.6 Å². The van der Waals surface area contributed by atoms with Crippen molar-refractivity contribution >= 4 is 17.4 Å². The molecule has 2 atom stereocenters. The van der Waals surface area contributed by atoms with E-state index in [-0.39, 0.29) is 23.4 Å². The molecule has 86 valence electrons. The van der Waals surface area contributed by atoms with Gasteiger partial charge in [0.1, 0.15) is 11.6 Å². The zero-order chi connectivity index (χ0) is 11.7. The molecule has 1 saturated heterocycles. The third-order valence-electron chi connectivity index (χ3n) is 3.10. The summed E-state index contributed by atoms with van der Waals surface area (Å²) in [4.78, 5) is 11.4. The van der Waals surface area contributed by atoms with Crippen LogP contribution in [0.2, 0.25) is 5.02 Å². The summed E-state index contributed by atoms with van der Waals surface area (Å²) in [5.41, 5.74) is 0.578. The molecule has 2 rings (SSSR count). The Morgan fingerprint density at radius 3 is 2.88 bits per heavy atom. The van der Waals surface area contributed by atoms with E-state index in [9.17, 15) is 9.18 Å². The molecule has 0 bridgehead atoms. The van der Waals surface area contributed by atoms with Crippen molar-refractivity contribution in [3.05, 3.63) is 34.6 Å². The van der Waals surface area contributed by atoms with E-state index >= 15 is 0 Å². The van der Waals surface area contributed by atoms with E-state index in [1.165, 1.54) is 6.07 Å². The standard InChI is InChI=1S/C12H13ClFNO/c1-7(16)10-5-15-6-11(10)9-3-2-8(13)4-12(9)14/h2-4,10-11,15H,5-6H2,1H3/t10-,11-/m1/s1. The SMILES string of the molecule is CC(=O)[C@H]1CNC[C@@H]1c1ccc(Cl)cc1F. The van der Waals surface area contributed by atoms with Gasteiger partial charge in [-0.3, -0.25) is 4.79 Å². The minimum Gasteiger partial charge on any atom is -0.315 e. The first-order chi connectivity index (χ1) is 7.59. The molecular formula is C12H13ClFNO. The van der Waals surface area contributed by atoms with Crippen molar-refractivity contribution in [2.75, 3.05) is 13.1 Å². The summed E-state index contributed by atoms with van der Waals surface area (Å²) in [5.74, 6) is -0.428. The number of carbonyl (C=O) groups is 1. The molecule has 0 radical (unpaired) electrons. The Morgan fingerprint density at radius 2 is 2.25 bits per heavy atom. The summed E-state index contributed by atoms with van der Waals surface area (Å²) in [6.45, 7) is 2.82. The summed E-state index contributed by atoms with van der Waals surface area (Å²) in [6.07, 6.45) is 0. The molecule has 1 aliphatic heterocycles. The smallest absolute Gasteiger partial charge is 0.134 e. The molecule has 0 saturated carbocycles. The molecule has 1 aliphatic rings. The summed E-state index contributed by atoms with van der Waals surface area (Å²) >= 11 is 5.70. The fourth-order valence-electron chi connectivity index (χ4n) is 2.23. The lowest BCUT2D eigenvalue weighted by molar-refractivity contribution is -0.120. The normalized spacial score (nSPS) is 24.7. The summed E-state index contributed by atoms with van der Waals surface area (Å²) in [5, 5.41) is 3.50. The van der Waals surface area contributed by atoms with Crippen molar-refractivity contribution in [2.45, 2.75) is 12.8 Å². The molecule has 16 heavy (non-hydrogen) atoms. The first-order valence-electron chi connectivity index (χ1n) is 5.25. The number of hydrogen-bond donors (Lipinski definition) is 1. The number of halogens is 2. The van der Waals surface area contributed by atoms with Crippen LogP contribution in [0.1, 0.15) is 18.4 Å². The Bertz CT molecular complexity index is 421. The van der Waals surface area contributed by atoms with Gasteiger partial charge >= 0.3 is 0 Å². The van der Waals surface area contributed by atoms with Crippen molar-refractivity contribution in [2.24, 2.45) is 5.92 Å². The van der Waals surface area contributed by atoms with Crippen LogP contribution in [0, 0.1) is 11.7 Å². The first-order valence-corrected chi connectivity index (χ1v) is 5.63. The topological polar surface area (TPSA) is 29.1 Å². The van der Waals surface area contributed by atoms with Gasteiger partial charge in [-0.1, -0.05) is 17.7 Å². The fourth-order valence-corrected chi connectivity index (χ4v) is 2.39. The molecule has 1 aromatic carbocycles. The molecule has 1 fully saturated rings. The number of ketones is 1. The molecule has 4 heteroatoms. The Kier molecular flexibility index (Phi) is 3.26. The van der Waals surface area contributed by atoms with Crippen LogP contribution in [0.15, 0.2) is 18.2 Å². The van der Waals surface area contributed by atoms with E-state index < -0.39 is 0 Å². The van der Waals surface area contributed by atoms with E-state index in [1.807, 2.05) is 0 Å². The number of nitrogens with one attached hydrogen (secondary N) is 1. The zero-order valence-corrected chi connectivity index (χ0v) is 9.72. The van der Waals surface area contributed by atoms with Gasteiger partial charge in [0, 0.05) is 29.9 Å². The van der Waals surface area contributed by atoms with E-state index in [2.05, 4.69) is 5.32 Å². The van der Waals surface area contributed by atoms with Crippen LogP contribution in [0.5, 0.6) is 0 Å². The maximum absolute atomic E-state index is 13.7. The summed E-state index contributed by atoms with van der Waals surface area (Å²) < 4.78 is 13.7. The number of Topliss-reactive ketones (excluding diaryl/α,β-unsaturated/α-hetero) is 1. The van der Waals surface area contributed by atoms with Crippen LogP contribution in [0.3, 0.4) is 0 Å². The molecule has 2 nitrogen and oxygen atoms in total.